The first-order valence-corrected chi connectivity index (χ1v) is 20.2. The third kappa shape index (κ3) is 34.0. The highest BCUT2D eigenvalue weighted by Crippen LogP contribution is 2.15. The fraction of sp³-hybridized carbons (Fsp3) is 0.833. The van der Waals surface area contributed by atoms with Gasteiger partial charge < -0.3 is 15.5 Å². The number of carbonyl (C=O) groups excluding carboxylic acids is 1. The lowest BCUT2D eigenvalue weighted by Gasteiger charge is -2.22. The van der Waals surface area contributed by atoms with E-state index in [4.69, 9.17) is 0 Å². The summed E-state index contributed by atoms with van der Waals surface area (Å²) < 4.78 is 0. The lowest BCUT2D eigenvalue weighted by molar-refractivity contribution is -0.123. The Morgan fingerprint density at radius 2 is 0.957 bits per heavy atom. The van der Waals surface area contributed by atoms with Gasteiger partial charge in [-0.25, -0.2) is 0 Å². The third-order valence-corrected chi connectivity index (χ3v) is 9.17. The van der Waals surface area contributed by atoms with E-state index in [9.17, 15) is 15.0 Å². The second kappa shape index (κ2) is 38.1. The standard InChI is InChI=1S/C42H79NO3/c1-3-5-7-9-11-13-15-17-19-21-23-25-27-29-31-33-35-37-41(45)40(39-44)43-42(46)38-36-34-32-30-28-26-24-22-20-18-16-14-12-10-8-6-4-2/h6,8,12,14,18,20,40-41,44-45H,3-5,7,9-11,13,15-17,19,21-39H2,1-2H3,(H,43,46)/b8-6-,14-12-,20-18-. The van der Waals surface area contributed by atoms with Crippen LogP contribution in [-0.4, -0.2) is 34.9 Å². The smallest absolute Gasteiger partial charge is 0.220 e. The predicted octanol–water partition coefficient (Wildman–Crippen LogP) is 12.2. The maximum atomic E-state index is 12.4. The summed E-state index contributed by atoms with van der Waals surface area (Å²) in [6.07, 6.45) is 49.2. The zero-order valence-corrected chi connectivity index (χ0v) is 30.8. The van der Waals surface area contributed by atoms with Gasteiger partial charge in [0.15, 0.2) is 0 Å². The van der Waals surface area contributed by atoms with Crippen LogP contribution in [0.4, 0.5) is 0 Å². The van der Waals surface area contributed by atoms with Crippen molar-refractivity contribution in [1.82, 2.24) is 5.32 Å². The fourth-order valence-corrected chi connectivity index (χ4v) is 6.08. The van der Waals surface area contributed by atoms with Gasteiger partial charge >= 0.3 is 0 Å². The van der Waals surface area contributed by atoms with Crippen LogP contribution in [0.15, 0.2) is 36.5 Å². The Hall–Kier alpha value is -1.39. The molecule has 0 aromatic heterocycles. The summed E-state index contributed by atoms with van der Waals surface area (Å²) in [5, 5.41) is 23.1. The first-order chi connectivity index (χ1) is 22.7. The van der Waals surface area contributed by atoms with E-state index in [-0.39, 0.29) is 12.5 Å². The van der Waals surface area contributed by atoms with Gasteiger partial charge in [-0.3, -0.25) is 4.79 Å². The molecule has 2 unspecified atom stereocenters. The van der Waals surface area contributed by atoms with Crippen LogP contribution in [0.5, 0.6) is 0 Å². The fourth-order valence-electron chi connectivity index (χ4n) is 6.08. The van der Waals surface area contributed by atoms with Crippen LogP contribution in [0.2, 0.25) is 0 Å². The van der Waals surface area contributed by atoms with Crippen molar-refractivity contribution in [2.75, 3.05) is 6.61 Å². The van der Waals surface area contributed by atoms with E-state index in [2.05, 4.69) is 55.6 Å². The Labute approximate surface area is 287 Å². The molecule has 3 N–H and O–H groups in total. The van der Waals surface area contributed by atoms with Crippen LogP contribution >= 0.6 is 0 Å². The number of nitrogens with one attached hydrogen (secondary N) is 1. The summed E-state index contributed by atoms with van der Waals surface area (Å²) in [5.41, 5.74) is 0. The molecule has 0 aliphatic carbocycles. The average molecular weight is 646 g/mol. The molecular formula is C42H79NO3. The Balaban J connectivity index is 3.56. The molecule has 46 heavy (non-hydrogen) atoms. The van der Waals surface area contributed by atoms with Gasteiger partial charge in [-0.05, 0) is 44.9 Å². The molecule has 0 bridgehead atoms. The van der Waals surface area contributed by atoms with E-state index in [0.717, 1.165) is 44.9 Å². The molecule has 0 aromatic carbocycles. The number of aliphatic hydroxyl groups is 2. The molecule has 0 aromatic rings. The number of allylic oxidation sites excluding steroid dienone is 6. The van der Waals surface area contributed by atoms with Gasteiger partial charge in [0.25, 0.3) is 0 Å². The van der Waals surface area contributed by atoms with Gasteiger partial charge in [0.1, 0.15) is 0 Å². The molecular weight excluding hydrogens is 566 g/mol. The Kier molecular flexibility index (Phi) is 36.9. The monoisotopic (exact) mass is 646 g/mol. The maximum Gasteiger partial charge on any atom is 0.220 e. The molecule has 1 amide bonds. The summed E-state index contributed by atoms with van der Waals surface area (Å²) in [6, 6.07) is -0.540. The van der Waals surface area contributed by atoms with Gasteiger partial charge in [0.2, 0.25) is 5.91 Å². The van der Waals surface area contributed by atoms with Crippen LogP contribution < -0.4 is 5.32 Å². The Morgan fingerprint density at radius 3 is 1.43 bits per heavy atom. The molecule has 270 valence electrons. The minimum atomic E-state index is -0.662. The lowest BCUT2D eigenvalue weighted by Crippen LogP contribution is -2.45. The van der Waals surface area contributed by atoms with Crippen LogP contribution in [-0.2, 0) is 4.79 Å². The summed E-state index contributed by atoms with van der Waals surface area (Å²) in [5.74, 6) is -0.0421. The van der Waals surface area contributed by atoms with Crippen LogP contribution in [0.25, 0.3) is 0 Å². The third-order valence-electron chi connectivity index (χ3n) is 9.17. The number of rotatable bonds is 36. The molecule has 0 saturated carbocycles. The van der Waals surface area contributed by atoms with Crippen molar-refractivity contribution >= 4 is 5.91 Å². The first kappa shape index (κ1) is 44.6. The van der Waals surface area contributed by atoms with Crippen molar-refractivity contribution in [1.29, 1.82) is 0 Å². The van der Waals surface area contributed by atoms with Crippen molar-refractivity contribution in [3.8, 4) is 0 Å². The zero-order chi connectivity index (χ0) is 33.6. The minimum Gasteiger partial charge on any atom is -0.394 e. The highest BCUT2D eigenvalue weighted by atomic mass is 16.3. The molecule has 4 nitrogen and oxygen atoms in total. The quantitative estimate of drug-likeness (QED) is 0.0469. The topological polar surface area (TPSA) is 69.6 Å². The average Bonchev–Trinajstić information content (AvgIpc) is 3.06. The number of unbranched alkanes of at least 4 members (excludes halogenated alkanes) is 23. The highest BCUT2D eigenvalue weighted by Gasteiger charge is 2.19. The number of hydrogen-bond donors (Lipinski definition) is 3. The number of hydrogen-bond acceptors (Lipinski definition) is 3. The Morgan fingerprint density at radius 1 is 0.543 bits per heavy atom. The molecule has 0 rings (SSSR count). The lowest BCUT2D eigenvalue weighted by atomic mass is 10.0. The normalized spacial score (nSPS) is 13.4. The van der Waals surface area contributed by atoms with Crippen LogP contribution in [0.1, 0.15) is 206 Å². The predicted molar refractivity (Wildman–Crippen MR) is 202 cm³/mol. The number of aliphatic hydroxyl groups excluding tert-OH is 2. The van der Waals surface area contributed by atoms with E-state index >= 15 is 0 Å². The van der Waals surface area contributed by atoms with Crippen LogP contribution in [0, 0.1) is 0 Å². The first-order valence-electron chi connectivity index (χ1n) is 20.2. The van der Waals surface area contributed by atoms with Crippen molar-refractivity contribution < 1.29 is 15.0 Å². The molecule has 0 spiro atoms. The van der Waals surface area contributed by atoms with Gasteiger partial charge in [-0.1, -0.05) is 192 Å². The largest absolute Gasteiger partial charge is 0.394 e. The van der Waals surface area contributed by atoms with Crippen LogP contribution in [0.3, 0.4) is 0 Å². The zero-order valence-electron chi connectivity index (χ0n) is 30.8. The van der Waals surface area contributed by atoms with Crippen molar-refractivity contribution in [3.05, 3.63) is 36.5 Å². The molecule has 0 saturated heterocycles. The van der Waals surface area contributed by atoms with Gasteiger partial charge in [-0.2, -0.15) is 0 Å². The van der Waals surface area contributed by atoms with E-state index in [1.165, 1.54) is 135 Å². The SMILES string of the molecule is CC/C=C\C/C=C\C/C=C\CCCCCCCCCC(=O)NC(CO)C(O)CCCCCCCCCCCCCCCCCCC. The summed E-state index contributed by atoms with van der Waals surface area (Å²) in [4.78, 5) is 12.4. The molecule has 2 atom stereocenters. The van der Waals surface area contributed by atoms with E-state index < -0.39 is 12.1 Å². The molecule has 0 heterocycles. The molecule has 0 radical (unpaired) electrons. The second-order valence-corrected chi connectivity index (χ2v) is 13.7. The summed E-state index contributed by atoms with van der Waals surface area (Å²) in [6.45, 7) is 4.24. The molecule has 4 heteroatoms. The number of amides is 1. The van der Waals surface area contributed by atoms with Crippen molar-refractivity contribution in [2.24, 2.45) is 0 Å². The summed E-state index contributed by atoms with van der Waals surface area (Å²) in [7, 11) is 0. The molecule has 0 fully saturated rings. The van der Waals surface area contributed by atoms with Crippen molar-refractivity contribution in [3.63, 3.8) is 0 Å². The highest BCUT2D eigenvalue weighted by molar-refractivity contribution is 5.76. The second-order valence-electron chi connectivity index (χ2n) is 13.7. The van der Waals surface area contributed by atoms with E-state index in [1.54, 1.807) is 0 Å². The Bertz CT molecular complexity index is 701. The van der Waals surface area contributed by atoms with Gasteiger partial charge in [-0.15, -0.1) is 0 Å². The summed E-state index contributed by atoms with van der Waals surface area (Å²) >= 11 is 0. The maximum absolute atomic E-state index is 12.4. The minimum absolute atomic E-state index is 0.0421. The van der Waals surface area contributed by atoms with E-state index in [1.807, 2.05) is 0 Å². The molecule has 0 aliphatic rings. The van der Waals surface area contributed by atoms with Gasteiger partial charge in [0.05, 0.1) is 18.8 Å². The van der Waals surface area contributed by atoms with Crippen molar-refractivity contribution in [2.45, 2.75) is 219 Å². The number of carbonyl (C=O) groups is 1. The molecule has 0 aliphatic heterocycles. The van der Waals surface area contributed by atoms with E-state index in [0.29, 0.717) is 12.8 Å². The van der Waals surface area contributed by atoms with Gasteiger partial charge in [0, 0.05) is 6.42 Å².